The fourth-order valence-electron chi connectivity index (χ4n) is 1.33. The Hall–Kier alpha value is -2.22. The second-order valence-corrected chi connectivity index (χ2v) is 3.36. The van der Waals surface area contributed by atoms with Crippen molar-refractivity contribution in [3.8, 4) is 0 Å². The molecule has 0 radical (unpaired) electrons. The standard InChI is InChI=1S/C15H14O2/c1-3-5-9-12(4-2)14(16)15(17)13-10-7-6-8-11-13/h3-11H,1H2,2H3/b9-5-,12-4+. The Morgan fingerprint density at radius 2 is 1.82 bits per heavy atom. The van der Waals surface area contributed by atoms with Crippen molar-refractivity contribution >= 4 is 11.6 Å². The van der Waals surface area contributed by atoms with Crippen LogP contribution in [0.3, 0.4) is 0 Å². The zero-order chi connectivity index (χ0) is 12.7. The van der Waals surface area contributed by atoms with E-state index < -0.39 is 11.6 Å². The Kier molecular flexibility index (Phi) is 4.82. The average Bonchev–Trinajstić information content (AvgIpc) is 2.39. The molecule has 0 aliphatic carbocycles. The van der Waals surface area contributed by atoms with Gasteiger partial charge in [0.05, 0.1) is 0 Å². The van der Waals surface area contributed by atoms with Gasteiger partial charge in [0.15, 0.2) is 0 Å². The van der Waals surface area contributed by atoms with Gasteiger partial charge < -0.3 is 0 Å². The lowest BCUT2D eigenvalue weighted by Crippen LogP contribution is -2.15. The summed E-state index contributed by atoms with van der Waals surface area (Å²) in [6.07, 6.45) is 6.38. The van der Waals surface area contributed by atoms with Crippen molar-refractivity contribution in [3.63, 3.8) is 0 Å². The van der Waals surface area contributed by atoms with E-state index >= 15 is 0 Å². The van der Waals surface area contributed by atoms with E-state index in [1.165, 1.54) is 0 Å². The third kappa shape index (κ3) is 3.38. The van der Waals surface area contributed by atoms with Crippen molar-refractivity contribution in [1.82, 2.24) is 0 Å². The number of hydrogen-bond acceptors (Lipinski definition) is 2. The van der Waals surface area contributed by atoms with Gasteiger partial charge in [-0.1, -0.05) is 61.2 Å². The fourth-order valence-corrected chi connectivity index (χ4v) is 1.33. The summed E-state index contributed by atoms with van der Waals surface area (Å²) >= 11 is 0. The van der Waals surface area contributed by atoms with Gasteiger partial charge in [-0.05, 0) is 6.92 Å². The molecule has 1 aromatic rings. The maximum absolute atomic E-state index is 11.9. The Balaban J connectivity index is 2.94. The van der Waals surface area contributed by atoms with E-state index in [1.807, 2.05) is 0 Å². The smallest absolute Gasteiger partial charge is 0.233 e. The average molecular weight is 226 g/mol. The summed E-state index contributed by atoms with van der Waals surface area (Å²) in [5, 5.41) is 0. The molecule has 1 aromatic carbocycles. The van der Waals surface area contributed by atoms with Gasteiger partial charge >= 0.3 is 0 Å². The third-order valence-electron chi connectivity index (χ3n) is 2.23. The molecule has 0 N–H and O–H groups in total. The molecule has 0 spiro atoms. The molecule has 0 saturated heterocycles. The number of hydrogen-bond donors (Lipinski definition) is 0. The molecule has 0 fully saturated rings. The van der Waals surface area contributed by atoms with Gasteiger partial charge in [-0.2, -0.15) is 0 Å². The van der Waals surface area contributed by atoms with E-state index in [4.69, 9.17) is 0 Å². The summed E-state index contributed by atoms with van der Waals surface area (Å²) in [6, 6.07) is 8.52. The first-order chi connectivity index (χ1) is 8.20. The van der Waals surface area contributed by atoms with E-state index in [0.717, 1.165) is 0 Å². The molecule has 2 nitrogen and oxygen atoms in total. The lowest BCUT2D eigenvalue weighted by Gasteiger charge is -2.00. The number of benzene rings is 1. The number of carbonyl (C=O) groups is 2. The lowest BCUT2D eigenvalue weighted by molar-refractivity contribution is -0.111. The van der Waals surface area contributed by atoms with Gasteiger partial charge in [0.2, 0.25) is 11.6 Å². The topological polar surface area (TPSA) is 34.1 Å². The van der Waals surface area contributed by atoms with Gasteiger partial charge in [0.25, 0.3) is 0 Å². The SMILES string of the molecule is C=C/C=C\C(=C/C)C(=O)C(=O)c1ccccc1. The normalized spacial score (nSPS) is 11.5. The van der Waals surface area contributed by atoms with E-state index in [-0.39, 0.29) is 0 Å². The molecule has 0 aliphatic rings. The maximum Gasteiger partial charge on any atom is 0.233 e. The van der Waals surface area contributed by atoms with Gasteiger partial charge in [0.1, 0.15) is 0 Å². The molecule has 17 heavy (non-hydrogen) atoms. The van der Waals surface area contributed by atoms with Crippen molar-refractivity contribution in [2.75, 3.05) is 0 Å². The minimum absolute atomic E-state index is 0.374. The highest BCUT2D eigenvalue weighted by Crippen LogP contribution is 2.07. The van der Waals surface area contributed by atoms with E-state index in [2.05, 4.69) is 6.58 Å². The van der Waals surface area contributed by atoms with Crippen molar-refractivity contribution in [2.45, 2.75) is 6.92 Å². The van der Waals surface area contributed by atoms with Crippen LogP contribution in [-0.2, 0) is 4.79 Å². The summed E-state index contributed by atoms with van der Waals surface area (Å²) < 4.78 is 0. The molecule has 0 bridgehead atoms. The second kappa shape index (κ2) is 6.38. The van der Waals surface area contributed by atoms with Gasteiger partial charge in [-0.15, -0.1) is 0 Å². The van der Waals surface area contributed by atoms with Crippen molar-refractivity contribution < 1.29 is 9.59 Å². The molecular formula is C15H14O2. The zero-order valence-electron chi connectivity index (χ0n) is 9.72. The van der Waals surface area contributed by atoms with Crippen LogP contribution >= 0.6 is 0 Å². The van der Waals surface area contributed by atoms with Crippen LogP contribution in [0.2, 0.25) is 0 Å². The quantitative estimate of drug-likeness (QED) is 0.334. The first kappa shape index (κ1) is 12.8. The summed E-state index contributed by atoms with van der Waals surface area (Å²) in [4.78, 5) is 23.7. The maximum atomic E-state index is 11.9. The van der Waals surface area contributed by atoms with Crippen molar-refractivity contribution in [1.29, 1.82) is 0 Å². The summed E-state index contributed by atoms with van der Waals surface area (Å²) in [5.74, 6) is -0.996. The van der Waals surface area contributed by atoms with Crippen LogP contribution in [-0.4, -0.2) is 11.6 Å². The monoisotopic (exact) mass is 226 g/mol. The molecule has 2 heteroatoms. The van der Waals surface area contributed by atoms with Crippen LogP contribution in [0.1, 0.15) is 17.3 Å². The summed E-state index contributed by atoms with van der Waals surface area (Å²) in [6.45, 7) is 5.24. The minimum atomic E-state index is -0.503. The van der Waals surface area contributed by atoms with Crippen LogP contribution < -0.4 is 0 Å². The van der Waals surface area contributed by atoms with E-state index in [1.54, 1.807) is 61.6 Å². The van der Waals surface area contributed by atoms with Gasteiger partial charge in [-0.3, -0.25) is 9.59 Å². The third-order valence-corrected chi connectivity index (χ3v) is 2.23. The Morgan fingerprint density at radius 1 is 1.18 bits per heavy atom. The fraction of sp³-hybridized carbons (Fsp3) is 0.0667. The zero-order valence-corrected chi connectivity index (χ0v) is 9.72. The highest BCUT2D eigenvalue weighted by molar-refractivity contribution is 6.49. The predicted octanol–water partition coefficient (Wildman–Crippen LogP) is 3.13. The molecule has 0 aromatic heterocycles. The molecule has 0 amide bonds. The molecule has 86 valence electrons. The first-order valence-corrected chi connectivity index (χ1v) is 5.30. The molecule has 0 saturated carbocycles. The van der Waals surface area contributed by atoms with Crippen LogP contribution in [0.15, 0.2) is 66.8 Å². The van der Waals surface area contributed by atoms with Crippen LogP contribution in [0, 0.1) is 0 Å². The number of Topliss-reactive ketones (excluding diaryl/α,β-unsaturated/α-hetero) is 2. The Morgan fingerprint density at radius 3 is 2.35 bits per heavy atom. The van der Waals surface area contributed by atoms with E-state index in [9.17, 15) is 9.59 Å². The van der Waals surface area contributed by atoms with Crippen LogP contribution in [0.4, 0.5) is 0 Å². The number of allylic oxidation sites excluding steroid dienone is 5. The minimum Gasteiger partial charge on any atom is -0.285 e. The molecule has 0 unspecified atom stereocenters. The lowest BCUT2D eigenvalue weighted by atomic mass is 10.0. The molecular weight excluding hydrogens is 212 g/mol. The number of ketones is 2. The molecule has 0 atom stereocenters. The summed E-state index contributed by atoms with van der Waals surface area (Å²) in [5.41, 5.74) is 0.780. The van der Waals surface area contributed by atoms with Gasteiger partial charge in [0, 0.05) is 11.1 Å². The second-order valence-electron chi connectivity index (χ2n) is 3.36. The Labute approximate surface area is 101 Å². The van der Waals surface area contributed by atoms with Crippen molar-refractivity contribution in [3.05, 3.63) is 72.4 Å². The highest BCUT2D eigenvalue weighted by atomic mass is 16.2. The first-order valence-electron chi connectivity index (χ1n) is 5.30. The molecule has 1 rings (SSSR count). The largest absolute Gasteiger partial charge is 0.285 e. The van der Waals surface area contributed by atoms with E-state index in [0.29, 0.717) is 11.1 Å². The Bertz CT molecular complexity index is 479. The molecule has 0 aliphatic heterocycles. The van der Waals surface area contributed by atoms with Crippen molar-refractivity contribution in [2.24, 2.45) is 0 Å². The van der Waals surface area contributed by atoms with Gasteiger partial charge in [-0.25, -0.2) is 0 Å². The number of rotatable bonds is 5. The number of carbonyl (C=O) groups excluding carboxylic acids is 2. The predicted molar refractivity (Wildman–Crippen MR) is 68.9 cm³/mol. The van der Waals surface area contributed by atoms with Crippen LogP contribution in [0.5, 0.6) is 0 Å². The summed E-state index contributed by atoms with van der Waals surface area (Å²) in [7, 11) is 0. The highest BCUT2D eigenvalue weighted by Gasteiger charge is 2.17. The molecule has 0 heterocycles. The van der Waals surface area contributed by atoms with Crippen LogP contribution in [0.25, 0.3) is 0 Å².